The lowest BCUT2D eigenvalue weighted by Gasteiger charge is -2.01. The van der Waals surface area contributed by atoms with Gasteiger partial charge in [-0.05, 0) is 22.9 Å². The number of esters is 1. The molecule has 88 valence electrons. The van der Waals surface area contributed by atoms with Gasteiger partial charge in [0.2, 0.25) is 0 Å². The lowest BCUT2D eigenvalue weighted by Crippen LogP contribution is -2.13. The summed E-state index contributed by atoms with van der Waals surface area (Å²) >= 11 is 3.24. The third kappa shape index (κ3) is 4.57. The molecule has 0 atom stereocenters. The van der Waals surface area contributed by atoms with E-state index in [0.29, 0.717) is 6.61 Å². The number of aromatic nitrogens is 2. The molecule has 16 heavy (non-hydrogen) atoms. The first-order chi connectivity index (χ1) is 7.61. The molecule has 0 amide bonds. The smallest absolute Gasteiger partial charge is 0.306 e. The van der Waals surface area contributed by atoms with Crippen molar-refractivity contribution in [1.82, 2.24) is 9.78 Å². The van der Waals surface area contributed by atoms with Crippen LogP contribution in [0.3, 0.4) is 0 Å². The van der Waals surface area contributed by atoms with Crippen molar-refractivity contribution in [1.29, 1.82) is 0 Å². The molecular formula is C10H13BrN2O3. The van der Waals surface area contributed by atoms with Crippen molar-refractivity contribution in [3.8, 4) is 0 Å². The molecule has 0 radical (unpaired) electrons. The van der Waals surface area contributed by atoms with Crippen molar-refractivity contribution < 1.29 is 14.3 Å². The Labute approximate surface area is 102 Å². The maximum absolute atomic E-state index is 11.4. The van der Waals surface area contributed by atoms with Crippen LogP contribution in [0.15, 0.2) is 16.9 Å². The fraction of sp³-hybridized carbons (Fsp3) is 0.500. The quantitative estimate of drug-likeness (QED) is 0.746. The molecule has 0 aliphatic heterocycles. The average Bonchev–Trinajstić information content (AvgIpc) is 2.61. The fourth-order valence-electron chi connectivity index (χ4n) is 1.16. The van der Waals surface area contributed by atoms with E-state index in [2.05, 4.69) is 21.0 Å². The molecule has 1 aromatic rings. The Morgan fingerprint density at radius 3 is 2.81 bits per heavy atom. The van der Waals surface area contributed by atoms with Gasteiger partial charge in [0.05, 0.1) is 30.2 Å². The van der Waals surface area contributed by atoms with Gasteiger partial charge < -0.3 is 4.74 Å². The molecule has 0 spiro atoms. The van der Waals surface area contributed by atoms with E-state index in [1.54, 1.807) is 19.3 Å². The van der Waals surface area contributed by atoms with Gasteiger partial charge in [-0.25, -0.2) is 0 Å². The predicted molar refractivity (Wildman–Crippen MR) is 60.8 cm³/mol. The number of Topliss-reactive ketones (excluding diaryl/α,β-unsaturated/α-hetero) is 1. The summed E-state index contributed by atoms with van der Waals surface area (Å²) in [6, 6.07) is 0. The van der Waals surface area contributed by atoms with Gasteiger partial charge in [0.15, 0.2) is 5.78 Å². The zero-order chi connectivity index (χ0) is 12.0. The zero-order valence-corrected chi connectivity index (χ0v) is 10.6. The minimum absolute atomic E-state index is 0.0383. The molecule has 5 nitrogen and oxygen atoms in total. The maximum Gasteiger partial charge on any atom is 0.306 e. The molecule has 0 bridgehead atoms. The molecule has 0 fully saturated rings. The standard InChI is InChI=1S/C10H13BrN2O3/c1-2-16-10(15)4-3-9(14)7-13-6-8(11)5-12-13/h5-6H,2-4,7H2,1H3. The van der Waals surface area contributed by atoms with Gasteiger partial charge in [-0.2, -0.15) is 5.10 Å². The van der Waals surface area contributed by atoms with E-state index in [0.717, 1.165) is 4.47 Å². The van der Waals surface area contributed by atoms with Crippen molar-refractivity contribution in [2.45, 2.75) is 26.3 Å². The highest BCUT2D eigenvalue weighted by atomic mass is 79.9. The van der Waals surface area contributed by atoms with Crippen LogP contribution in [0.2, 0.25) is 0 Å². The maximum atomic E-state index is 11.4. The highest BCUT2D eigenvalue weighted by Crippen LogP contribution is 2.06. The van der Waals surface area contributed by atoms with Crippen LogP contribution < -0.4 is 0 Å². The van der Waals surface area contributed by atoms with E-state index in [1.807, 2.05) is 0 Å². The highest BCUT2D eigenvalue weighted by Gasteiger charge is 2.08. The Hall–Kier alpha value is -1.17. The highest BCUT2D eigenvalue weighted by molar-refractivity contribution is 9.10. The number of carbonyl (C=O) groups excluding carboxylic acids is 2. The van der Waals surface area contributed by atoms with E-state index in [-0.39, 0.29) is 31.1 Å². The van der Waals surface area contributed by atoms with Crippen LogP contribution >= 0.6 is 15.9 Å². The van der Waals surface area contributed by atoms with Gasteiger partial charge >= 0.3 is 5.97 Å². The van der Waals surface area contributed by atoms with Gasteiger partial charge in [-0.15, -0.1) is 0 Å². The van der Waals surface area contributed by atoms with Crippen molar-refractivity contribution >= 4 is 27.7 Å². The summed E-state index contributed by atoms with van der Waals surface area (Å²) in [5, 5.41) is 3.95. The molecule has 0 aromatic carbocycles. The first-order valence-electron chi connectivity index (χ1n) is 4.97. The molecule has 0 aliphatic rings. The average molecular weight is 289 g/mol. The molecule has 1 aromatic heterocycles. The van der Waals surface area contributed by atoms with Gasteiger partial charge in [0.25, 0.3) is 0 Å². The monoisotopic (exact) mass is 288 g/mol. The summed E-state index contributed by atoms with van der Waals surface area (Å²) in [6.45, 7) is 2.27. The van der Waals surface area contributed by atoms with E-state index < -0.39 is 0 Å². The molecule has 6 heteroatoms. The third-order valence-electron chi connectivity index (χ3n) is 1.85. The number of carbonyl (C=O) groups is 2. The Bertz CT molecular complexity index is 376. The summed E-state index contributed by atoms with van der Waals surface area (Å²) in [6.07, 6.45) is 3.65. The summed E-state index contributed by atoms with van der Waals surface area (Å²) in [5.41, 5.74) is 0. The minimum Gasteiger partial charge on any atom is -0.466 e. The second kappa shape index (κ2) is 6.42. The number of hydrogen-bond acceptors (Lipinski definition) is 4. The summed E-state index contributed by atoms with van der Waals surface area (Å²) < 4.78 is 7.08. The number of ketones is 1. The number of ether oxygens (including phenoxy) is 1. The molecule has 1 heterocycles. The van der Waals surface area contributed by atoms with Crippen molar-refractivity contribution in [2.24, 2.45) is 0 Å². The Morgan fingerprint density at radius 1 is 1.50 bits per heavy atom. The van der Waals surface area contributed by atoms with Gasteiger partial charge in [0, 0.05) is 12.6 Å². The predicted octanol–water partition coefficient (Wildman–Crippen LogP) is 1.56. The fourth-order valence-corrected chi connectivity index (χ4v) is 1.49. The lowest BCUT2D eigenvalue weighted by molar-refractivity contribution is -0.144. The van der Waals surface area contributed by atoms with Gasteiger partial charge in [-0.1, -0.05) is 0 Å². The van der Waals surface area contributed by atoms with Crippen LogP contribution in [-0.4, -0.2) is 28.1 Å². The van der Waals surface area contributed by atoms with E-state index in [9.17, 15) is 9.59 Å². The number of hydrogen-bond donors (Lipinski definition) is 0. The SMILES string of the molecule is CCOC(=O)CCC(=O)Cn1cc(Br)cn1. The van der Waals surface area contributed by atoms with Crippen LogP contribution in [0.4, 0.5) is 0 Å². The Balaban J connectivity index is 2.28. The van der Waals surface area contributed by atoms with E-state index in [4.69, 9.17) is 4.74 Å². The van der Waals surface area contributed by atoms with Crippen molar-refractivity contribution in [3.05, 3.63) is 16.9 Å². The number of nitrogens with zero attached hydrogens (tertiary/aromatic N) is 2. The Morgan fingerprint density at radius 2 is 2.25 bits per heavy atom. The van der Waals surface area contributed by atoms with Crippen LogP contribution in [0.5, 0.6) is 0 Å². The first-order valence-corrected chi connectivity index (χ1v) is 5.76. The topological polar surface area (TPSA) is 61.2 Å². The number of rotatable bonds is 6. The normalized spacial score (nSPS) is 10.1. The molecule has 0 saturated heterocycles. The minimum atomic E-state index is -0.336. The molecule has 0 N–H and O–H groups in total. The summed E-state index contributed by atoms with van der Waals surface area (Å²) in [4.78, 5) is 22.4. The van der Waals surface area contributed by atoms with Crippen LogP contribution in [0, 0.1) is 0 Å². The van der Waals surface area contributed by atoms with Crippen LogP contribution in [0.25, 0.3) is 0 Å². The third-order valence-corrected chi connectivity index (χ3v) is 2.26. The summed E-state index contributed by atoms with van der Waals surface area (Å²) in [5.74, 6) is -0.374. The Kier molecular flexibility index (Phi) is 5.18. The van der Waals surface area contributed by atoms with Crippen molar-refractivity contribution in [3.63, 3.8) is 0 Å². The molecule has 0 saturated carbocycles. The molecule has 0 unspecified atom stereocenters. The van der Waals surface area contributed by atoms with Gasteiger partial charge in [0.1, 0.15) is 0 Å². The second-order valence-electron chi connectivity index (χ2n) is 3.20. The van der Waals surface area contributed by atoms with Crippen LogP contribution in [-0.2, 0) is 20.9 Å². The first kappa shape index (κ1) is 12.9. The second-order valence-corrected chi connectivity index (χ2v) is 4.12. The summed E-state index contributed by atoms with van der Waals surface area (Å²) in [7, 11) is 0. The lowest BCUT2D eigenvalue weighted by atomic mass is 10.2. The molecule has 0 aliphatic carbocycles. The van der Waals surface area contributed by atoms with E-state index in [1.165, 1.54) is 4.68 Å². The number of halogens is 1. The zero-order valence-electron chi connectivity index (χ0n) is 8.98. The van der Waals surface area contributed by atoms with Crippen molar-refractivity contribution in [2.75, 3.05) is 6.61 Å². The molecular weight excluding hydrogens is 276 g/mol. The van der Waals surface area contributed by atoms with E-state index >= 15 is 0 Å². The largest absolute Gasteiger partial charge is 0.466 e. The van der Waals surface area contributed by atoms with Gasteiger partial charge in [-0.3, -0.25) is 14.3 Å². The van der Waals surface area contributed by atoms with Crippen LogP contribution in [0.1, 0.15) is 19.8 Å². The molecule has 1 rings (SSSR count).